The van der Waals surface area contributed by atoms with E-state index in [9.17, 15) is 0 Å². The molecule has 1 aromatic carbocycles. The number of thioether (sulfide) groups is 1. The first-order chi connectivity index (χ1) is 10.1. The predicted octanol–water partition coefficient (Wildman–Crippen LogP) is 4.68. The summed E-state index contributed by atoms with van der Waals surface area (Å²) in [5.41, 5.74) is 2.41. The van der Waals surface area contributed by atoms with Crippen LogP contribution in [0.2, 0.25) is 0 Å². The zero-order valence-corrected chi connectivity index (χ0v) is 15.6. The Kier molecular flexibility index (Phi) is 6.29. The molecule has 0 aliphatic carbocycles. The van der Waals surface area contributed by atoms with Gasteiger partial charge in [-0.3, -0.25) is 0 Å². The molecule has 0 atom stereocenters. The van der Waals surface area contributed by atoms with E-state index in [1.165, 1.54) is 10.5 Å². The molecule has 112 valence electrons. The van der Waals surface area contributed by atoms with Crippen molar-refractivity contribution in [2.45, 2.75) is 37.8 Å². The molecule has 2 aromatic rings. The van der Waals surface area contributed by atoms with Gasteiger partial charge in [0.05, 0.1) is 15.0 Å². The van der Waals surface area contributed by atoms with E-state index in [2.05, 4.69) is 77.9 Å². The van der Waals surface area contributed by atoms with Crippen LogP contribution in [-0.4, -0.2) is 16.5 Å². The minimum absolute atomic E-state index is 0.797. The molecule has 0 saturated heterocycles. The van der Waals surface area contributed by atoms with Crippen LogP contribution < -0.4 is 5.32 Å². The van der Waals surface area contributed by atoms with Gasteiger partial charge >= 0.3 is 0 Å². The summed E-state index contributed by atoms with van der Waals surface area (Å²) in [4.78, 5) is 10.6. The van der Waals surface area contributed by atoms with Gasteiger partial charge in [0.25, 0.3) is 0 Å². The quantitative estimate of drug-likeness (QED) is 0.552. The molecule has 0 unspecified atom stereocenters. The van der Waals surface area contributed by atoms with Crippen LogP contribution >= 0.6 is 34.4 Å². The van der Waals surface area contributed by atoms with Gasteiger partial charge in [0.1, 0.15) is 11.6 Å². The first-order valence-electron chi connectivity index (χ1n) is 7.12. The van der Waals surface area contributed by atoms with Crippen LogP contribution in [0.5, 0.6) is 0 Å². The third-order valence-electron chi connectivity index (χ3n) is 3.00. The van der Waals surface area contributed by atoms with E-state index in [0.29, 0.717) is 0 Å². The monoisotopic (exact) mass is 413 g/mol. The summed E-state index contributed by atoms with van der Waals surface area (Å²) in [5, 5.41) is 3.33. The van der Waals surface area contributed by atoms with Crippen molar-refractivity contribution in [1.29, 1.82) is 0 Å². The fraction of sp³-hybridized carbons (Fsp3) is 0.375. The molecule has 0 saturated carbocycles. The van der Waals surface area contributed by atoms with Gasteiger partial charge in [0, 0.05) is 11.4 Å². The summed E-state index contributed by atoms with van der Waals surface area (Å²) in [7, 11) is 0. The molecule has 0 aliphatic heterocycles. The number of halogens is 1. The van der Waals surface area contributed by atoms with E-state index in [1.807, 2.05) is 0 Å². The number of benzene rings is 1. The van der Waals surface area contributed by atoms with E-state index in [1.54, 1.807) is 11.8 Å². The van der Waals surface area contributed by atoms with Gasteiger partial charge in [-0.2, -0.15) is 0 Å². The lowest BCUT2D eigenvalue weighted by molar-refractivity contribution is 0.923. The highest BCUT2D eigenvalue weighted by Crippen LogP contribution is 2.25. The Morgan fingerprint density at radius 2 is 2.05 bits per heavy atom. The second-order valence-corrected chi connectivity index (χ2v) is 6.87. The lowest BCUT2D eigenvalue weighted by atomic mass is 10.2. The number of aromatic nitrogens is 2. The number of anilines is 1. The molecule has 0 bridgehead atoms. The molecule has 0 fully saturated rings. The Labute approximate surface area is 144 Å². The van der Waals surface area contributed by atoms with Gasteiger partial charge in [0.15, 0.2) is 0 Å². The topological polar surface area (TPSA) is 37.8 Å². The second kappa shape index (κ2) is 7.98. The second-order valence-electron chi connectivity index (χ2n) is 4.74. The van der Waals surface area contributed by atoms with Gasteiger partial charge in [-0.1, -0.05) is 24.6 Å². The number of nitrogens with one attached hydrogen (secondary N) is 1. The lowest BCUT2D eigenvalue weighted by Gasteiger charge is -2.11. The zero-order chi connectivity index (χ0) is 15.2. The van der Waals surface area contributed by atoms with E-state index < -0.39 is 0 Å². The Hall–Kier alpha value is -0.820. The third-order valence-corrected chi connectivity index (χ3v) is 5.13. The Balaban J connectivity index is 2.17. The molecule has 0 amide bonds. The average Bonchev–Trinajstić information content (AvgIpc) is 2.48. The molecule has 1 heterocycles. The minimum atomic E-state index is 0.797. The molecule has 2 rings (SSSR count). The van der Waals surface area contributed by atoms with Gasteiger partial charge in [-0.25, -0.2) is 9.97 Å². The number of hydrogen-bond donors (Lipinski definition) is 1. The van der Waals surface area contributed by atoms with Crippen molar-refractivity contribution >= 4 is 40.2 Å². The number of hydrogen-bond acceptors (Lipinski definition) is 4. The van der Waals surface area contributed by atoms with Gasteiger partial charge in [-0.05, 0) is 55.0 Å². The maximum Gasteiger partial charge on any atom is 0.143 e. The van der Waals surface area contributed by atoms with Crippen molar-refractivity contribution < 1.29 is 0 Å². The Morgan fingerprint density at radius 3 is 2.71 bits per heavy atom. The maximum atomic E-state index is 4.69. The first kappa shape index (κ1) is 16.5. The predicted molar refractivity (Wildman–Crippen MR) is 99.0 cm³/mol. The zero-order valence-electron chi connectivity index (χ0n) is 12.6. The molecule has 0 aliphatic rings. The molecular weight excluding hydrogens is 393 g/mol. The van der Waals surface area contributed by atoms with Crippen molar-refractivity contribution in [3.8, 4) is 0 Å². The van der Waals surface area contributed by atoms with E-state index >= 15 is 0 Å². The summed E-state index contributed by atoms with van der Waals surface area (Å²) < 4.78 is 1.14. The molecule has 5 heteroatoms. The molecule has 1 N–H and O–H groups in total. The fourth-order valence-electron chi connectivity index (χ4n) is 1.98. The van der Waals surface area contributed by atoms with Crippen LogP contribution in [0.15, 0.2) is 29.2 Å². The highest BCUT2D eigenvalue weighted by molar-refractivity contribution is 14.1. The van der Waals surface area contributed by atoms with Crippen molar-refractivity contribution in [1.82, 2.24) is 9.97 Å². The SMILES string of the molecule is CCNc1nc(CSc2cccc(C)c2)nc(CC)c1I. The normalized spacial score (nSPS) is 10.7. The summed E-state index contributed by atoms with van der Waals surface area (Å²) >= 11 is 4.12. The molecule has 21 heavy (non-hydrogen) atoms. The fourth-order valence-corrected chi connectivity index (χ4v) is 3.66. The summed E-state index contributed by atoms with van der Waals surface area (Å²) in [6.45, 7) is 7.22. The van der Waals surface area contributed by atoms with Crippen molar-refractivity contribution in [3.63, 3.8) is 0 Å². The van der Waals surface area contributed by atoms with Crippen LogP contribution in [0.4, 0.5) is 5.82 Å². The van der Waals surface area contributed by atoms with Crippen molar-refractivity contribution in [2.24, 2.45) is 0 Å². The van der Waals surface area contributed by atoms with Crippen LogP contribution in [0, 0.1) is 10.5 Å². The smallest absolute Gasteiger partial charge is 0.143 e. The van der Waals surface area contributed by atoms with Crippen LogP contribution in [-0.2, 0) is 12.2 Å². The number of rotatable bonds is 6. The van der Waals surface area contributed by atoms with Crippen LogP contribution in [0.25, 0.3) is 0 Å². The summed E-state index contributed by atoms with van der Waals surface area (Å²) in [5.74, 6) is 2.66. The Bertz CT molecular complexity index is 616. The average molecular weight is 413 g/mol. The van der Waals surface area contributed by atoms with Gasteiger partial charge in [-0.15, -0.1) is 11.8 Å². The Morgan fingerprint density at radius 1 is 1.24 bits per heavy atom. The lowest BCUT2D eigenvalue weighted by Crippen LogP contribution is -2.09. The molecule has 3 nitrogen and oxygen atoms in total. The summed E-state index contributed by atoms with van der Waals surface area (Å²) in [6.07, 6.45) is 0.932. The van der Waals surface area contributed by atoms with Crippen molar-refractivity contribution in [3.05, 3.63) is 44.9 Å². The molecule has 1 aromatic heterocycles. The van der Waals surface area contributed by atoms with E-state index in [0.717, 1.165) is 39.6 Å². The first-order valence-corrected chi connectivity index (χ1v) is 9.19. The highest BCUT2D eigenvalue weighted by atomic mass is 127. The minimum Gasteiger partial charge on any atom is -0.369 e. The van der Waals surface area contributed by atoms with Crippen molar-refractivity contribution in [2.75, 3.05) is 11.9 Å². The van der Waals surface area contributed by atoms with E-state index in [4.69, 9.17) is 4.98 Å². The van der Waals surface area contributed by atoms with Crippen LogP contribution in [0.3, 0.4) is 0 Å². The van der Waals surface area contributed by atoms with Gasteiger partial charge in [0.2, 0.25) is 0 Å². The molecule has 0 radical (unpaired) electrons. The number of aryl methyl sites for hydroxylation is 2. The largest absolute Gasteiger partial charge is 0.369 e. The van der Waals surface area contributed by atoms with E-state index in [-0.39, 0.29) is 0 Å². The molecular formula is C16H20IN3S. The summed E-state index contributed by atoms with van der Waals surface area (Å²) in [6, 6.07) is 8.54. The standard InChI is InChI=1S/C16H20IN3S/c1-4-13-15(17)16(18-5-2)20-14(19-13)10-21-12-8-6-7-11(3)9-12/h6-9H,4-5,10H2,1-3H3,(H,18,19,20). The highest BCUT2D eigenvalue weighted by Gasteiger charge is 2.10. The number of nitrogens with zero attached hydrogens (tertiary/aromatic N) is 2. The maximum absolute atomic E-state index is 4.69. The third kappa shape index (κ3) is 4.57. The molecule has 0 spiro atoms. The van der Waals surface area contributed by atoms with Gasteiger partial charge < -0.3 is 5.32 Å². The van der Waals surface area contributed by atoms with Crippen LogP contribution in [0.1, 0.15) is 30.9 Å².